The Morgan fingerprint density at radius 2 is 1.84 bits per heavy atom. The molecule has 0 heterocycles. The Balaban J connectivity index is 1.47. The van der Waals surface area contributed by atoms with Gasteiger partial charge in [0, 0.05) is 13.3 Å². The third-order valence-electron chi connectivity index (χ3n) is 10.6. The molecule has 4 aliphatic rings. The topological polar surface area (TPSA) is 26.3 Å². The Morgan fingerprint density at radius 3 is 2.55 bits per heavy atom. The lowest BCUT2D eigenvalue weighted by Gasteiger charge is -2.58. The van der Waals surface area contributed by atoms with Crippen LogP contribution in [0.15, 0.2) is 11.6 Å². The van der Waals surface area contributed by atoms with E-state index in [0.29, 0.717) is 10.8 Å². The van der Waals surface area contributed by atoms with Crippen molar-refractivity contribution in [1.29, 1.82) is 0 Å². The lowest BCUT2D eigenvalue weighted by molar-refractivity contribution is -0.148. The van der Waals surface area contributed by atoms with Crippen LogP contribution in [0.1, 0.15) is 112 Å². The maximum atomic E-state index is 11.5. The molecule has 0 bridgehead atoms. The van der Waals surface area contributed by atoms with Gasteiger partial charge < -0.3 is 4.74 Å². The van der Waals surface area contributed by atoms with E-state index < -0.39 is 0 Å². The van der Waals surface area contributed by atoms with Crippen LogP contribution in [0.5, 0.6) is 0 Å². The zero-order chi connectivity index (χ0) is 22.4. The number of carbonyl (C=O) groups excluding carboxylic acids is 1. The highest BCUT2D eigenvalue weighted by atomic mass is 16.5. The van der Waals surface area contributed by atoms with Crippen LogP contribution in [-0.4, -0.2) is 12.1 Å². The average molecular weight is 429 g/mol. The fraction of sp³-hybridized carbons (Fsp3) is 0.897. The molecule has 0 unspecified atom stereocenters. The van der Waals surface area contributed by atoms with Crippen molar-refractivity contribution in [2.45, 2.75) is 118 Å². The van der Waals surface area contributed by atoms with E-state index in [4.69, 9.17) is 4.74 Å². The smallest absolute Gasteiger partial charge is 0.302 e. The van der Waals surface area contributed by atoms with Crippen LogP contribution in [0.4, 0.5) is 0 Å². The van der Waals surface area contributed by atoms with Gasteiger partial charge in [0.25, 0.3) is 0 Å². The van der Waals surface area contributed by atoms with Crippen LogP contribution in [0.3, 0.4) is 0 Å². The molecular weight excluding hydrogens is 380 g/mol. The van der Waals surface area contributed by atoms with Crippen LogP contribution >= 0.6 is 0 Å². The summed E-state index contributed by atoms with van der Waals surface area (Å²) in [6.45, 7) is 14.1. The van der Waals surface area contributed by atoms with Gasteiger partial charge in [0.05, 0.1) is 0 Å². The van der Waals surface area contributed by atoms with E-state index in [-0.39, 0.29) is 12.1 Å². The van der Waals surface area contributed by atoms with Gasteiger partial charge in [0.15, 0.2) is 0 Å². The van der Waals surface area contributed by atoms with Crippen molar-refractivity contribution >= 4 is 5.97 Å². The second kappa shape index (κ2) is 8.86. The molecule has 0 radical (unpaired) electrons. The minimum Gasteiger partial charge on any atom is -0.462 e. The molecular formula is C29H48O2. The standard InChI is InChI=1S/C29H48O2/c1-19(2)8-7-9-20(3)25-12-13-26-24-11-10-22-18-23(31-21(4)30)14-16-28(22,5)27(24)15-17-29(25,26)6/h10,19-20,23-27H,7-9,11-18H2,1-6H3/t20-,23+,24+,25+,26+,27+,28+,29-/m1/s1. The zero-order valence-corrected chi connectivity index (χ0v) is 21.2. The van der Waals surface area contributed by atoms with Crippen LogP contribution in [0, 0.1) is 46.3 Å². The summed E-state index contributed by atoms with van der Waals surface area (Å²) in [4.78, 5) is 11.5. The first-order valence-corrected chi connectivity index (χ1v) is 13.5. The lowest BCUT2D eigenvalue weighted by atomic mass is 9.47. The first kappa shape index (κ1) is 23.4. The van der Waals surface area contributed by atoms with Gasteiger partial charge in [0.2, 0.25) is 0 Å². The van der Waals surface area contributed by atoms with E-state index in [1.165, 1.54) is 57.8 Å². The number of esters is 1. The SMILES string of the molecule is CC(=O)O[C@H]1CC[C@@]2(C)C(=CC[C@H]3[C@@H]4CC[C@@H]([C@H](C)CCCC(C)C)[C@@]4(C)CC[C@@H]32)C1. The molecule has 2 heteroatoms. The molecule has 0 aromatic rings. The number of fused-ring (bicyclic) bond motifs is 5. The fourth-order valence-corrected chi connectivity index (χ4v) is 8.99. The van der Waals surface area contributed by atoms with Gasteiger partial charge in [0.1, 0.15) is 6.10 Å². The van der Waals surface area contributed by atoms with Gasteiger partial charge in [-0.05, 0) is 91.3 Å². The summed E-state index contributed by atoms with van der Waals surface area (Å²) < 4.78 is 5.61. The van der Waals surface area contributed by atoms with Crippen LogP contribution in [0.2, 0.25) is 0 Å². The number of ether oxygens (including phenoxy) is 1. The number of rotatable bonds is 6. The van der Waals surface area contributed by atoms with Gasteiger partial charge in [-0.2, -0.15) is 0 Å². The molecule has 0 aromatic carbocycles. The van der Waals surface area contributed by atoms with Gasteiger partial charge >= 0.3 is 5.97 Å². The second-order valence-electron chi connectivity index (χ2n) is 12.8. The normalized spacial score (nSPS) is 42.9. The van der Waals surface area contributed by atoms with Gasteiger partial charge in [-0.1, -0.05) is 65.5 Å². The predicted molar refractivity (Wildman–Crippen MR) is 129 cm³/mol. The average Bonchev–Trinajstić information content (AvgIpc) is 3.05. The van der Waals surface area contributed by atoms with E-state index in [1.54, 1.807) is 12.5 Å². The highest BCUT2D eigenvalue weighted by Crippen LogP contribution is 2.67. The van der Waals surface area contributed by atoms with Crippen molar-refractivity contribution in [2.75, 3.05) is 0 Å². The van der Waals surface area contributed by atoms with Crippen molar-refractivity contribution in [2.24, 2.45) is 46.3 Å². The molecule has 176 valence electrons. The third-order valence-corrected chi connectivity index (χ3v) is 10.6. The Morgan fingerprint density at radius 1 is 1.06 bits per heavy atom. The van der Waals surface area contributed by atoms with Crippen molar-refractivity contribution in [3.8, 4) is 0 Å². The minimum absolute atomic E-state index is 0.115. The quantitative estimate of drug-likeness (QED) is 0.317. The van der Waals surface area contributed by atoms with Crippen molar-refractivity contribution in [3.63, 3.8) is 0 Å². The molecule has 3 fully saturated rings. The summed E-state index contributed by atoms with van der Waals surface area (Å²) in [5, 5.41) is 0. The number of hydrogen-bond acceptors (Lipinski definition) is 2. The highest BCUT2D eigenvalue weighted by Gasteiger charge is 2.59. The Bertz CT molecular complexity index is 693. The summed E-state index contributed by atoms with van der Waals surface area (Å²) >= 11 is 0. The second-order valence-corrected chi connectivity index (χ2v) is 12.8. The van der Waals surface area contributed by atoms with Crippen molar-refractivity contribution < 1.29 is 9.53 Å². The van der Waals surface area contributed by atoms with Crippen LogP contribution < -0.4 is 0 Å². The Hall–Kier alpha value is -0.790. The first-order valence-electron chi connectivity index (χ1n) is 13.5. The maximum Gasteiger partial charge on any atom is 0.302 e. The van der Waals surface area contributed by atoms with Gasteiger partial charge in [-0.25, -0.2) is 0 Å². The molecule has 2 nitrogen and oxygen atoms in total. The molecule has 0 N–H and O–H groups in total. The van der Waals surface area contributed by atoms with E-state index in [1.807, 2.05) is 0 Å². The summed E-state index contributed by atoms with van der Waals surface area (Å²) in [6.07, 6.45) is 17.2. The molecule has 0 aromatic heterocycles. The van der Waals surface area contributed by atoms with Crippen LogP contribution in [0.25, 0.3) is 0 Å². The van der Waals surface area contributed by atoms with Crippen LogP contribution in [-0.2, 0) is 9.53 Å². The molecule has 0 amide bonds. The van der Waals surface area contributed by atoms with Gasteiger partial charge in [-0.3, -0.25) is 4.79 Å². The minimum atomic E-state index is -0.115. The predicted octanol–water partition coefficient (Wildman–Crippen LogP) is 7.96. The molecule has 3 saturated carbocycles. The summed E-state index contributed by atoms with van der Waals surface area (Å²) in [5.74, 6) is 5.19. The molecule has 0 spiro atoms. The molecule has 4 rings (SSSR count). The Labute approximate surface area is 192 Å². The summed E-state index contributed by atoms with van der Waals surface area (Å²) in [5.41, 5.74) is 2.53. The van der Waals surface area contributed by atoms with E-state index >= 15 is 0 Å². The number of hydrogen-bond donors (Lipinski definition) is 0. The molecule has 0 aliphatic heterocycles. The summed E-state index contributed by atoms with van der Waals surface area (Å²) in [6, 6.07) is 0. The molecule has 8 atom stereocenters. The van der Waals surface area contributed by atoms with Crippen molar-refractivity contribution in [3.05, 3.63) is 11.6 Å². The largest absolute Gasteiger partial charge is 0.462 e. The zero-order valence-electron chi connectivity index (χ0n) is 21.2. The molecule has 4 aliphatic carbocycles. The van der Waals surface area contributed by atoms with E-state index in [0.717, 1.165) is 48.3 Å². The van der Waals surface area contributed by atoms with E-state index in [2.05, 4.69) is 40.7 Å². The van der Waals surface area contributed by atoms with Crippen molar-refractivity contribution in [1.82, 2.24) is 0 Å². The third kappa shape index (κ3) is 4.26. The van der Waals surface area contributed by atoms with Gasteiger partial charge in [-0.15, -0.1) is 0 Å². The lowest BCUT2D eigenvalue weighted by Crippen LogP contribution is -2.51. The molecule has 31 heavy (non-hydrogen) atoms. The monoisotopic (exact) mass is 428 g/mol. The fourth-order valence-electron chi connectivity index (χ4n) is 8.99. The summed E-state index contributed by atoms with van der Waals surface area (Å²) in [7, 11) is 0. The number of carbonyl (C=O) groups is 1. The maximum absolute atomic E-state index is 11.5. The van der Waals surface area contributed by atoms with E-state index in [9.17, 15) is 4.79 Å². The Kier molecular flexibility index (Phi) is 6.68. The molecule has 0 saturated heterocycles. The first-order chi connectivity index (χ1) is 14.6. The number of allylic oxidation sites excluding steroid dienone is 1. The highest BCUT2D eigenvalue weighted by molar-refractivity contribution is 5.66.